The molecule has 0 aliphatic carbocycles. The van der Waals surface area contributed by atoms with E-state index in [1.165, 1.54) is 109 Å². The van der Waals surface area contributed by atoms with Crippen molar-refractivity contribution < 1.29 is 37.6 Å². The van der Waals surface area contributed by atoms with Crippen LogP contribution >= 0.6 is 7.82 Å². The lowest BCUT2D eigenvalue weighted by atomic mass is 10.0. The Balaban J connectivity index is 3.83. The molecule has 2 atom stereocenters. The van der Waals surface area contributed by atoms with Gasteiger partial charge in [0.05, 0.1) is 13.2 Å². The number of phosphoric ester groups is 1. The molecule has 0 aromatic heterocycles. The second kappa shape index (κ2) is 41.9. The van der Waals surface area contributed by atoms with Gasteiger partial charge in [0.1, 0.15) is 6.61 Å². The van der Waals surface area contributed by atoms with Gasteiger partial charge in [-0.2, -0.15) is 0 Å². The van der Waals surface area contributed by atoms with Crippen molar-refractivity contribution in [3.05, 3.63) is 36.5 Å². The molecule has 10 heteroatoms. The Morgan fingerprint density at radius 3 is 1.40 bits per heavy atom. The highest BCUT2D eigenvalue weighted by Crippen LogP contribution is 2.43. The Labute approximate surface area is 337 Å². The van der Waals surface area contributed by atoms with Gasteiger partial charge in [0.25, 0.3) is 0 Å². The Morgan fingerprint density at radius 2 is 0.945 bits per heavy atom. The Hall–Kier alpha value is -1.77. The van der Waals surface area contributed by atoms with Crippen LogP contribution in [-0.4, -0.2) is 49.3 Å². The van der Waals surface area contributed by atoms with E-state index < -0.39 is 32.5 Å². The maximum Gasteiger partial charge on any atom is 0.472 e. The van der Waals surface area contributed by atoms with Crippen LogP contribution in [0.5, 0.6) is 0 Å². The SMILES string of the molecule is CCCCCCC/C=C\C/C=C\C/C=C\CCCCCCCCCCCCCCCCC(=O)OC(COC(=O)CCCCCCC)COP(=O)(O)OCCN. The molecule has 0 rings (SSSR count). The van der Waals surface area contributed by atoms with Gasteiger partial charge in [-0.25, -0.2) is 4.57 Å². The quantitative estimate of drug-likeness (QED) is 0.0268. The number of nitrogens with two attached hydrogens (primary N) is 1. The van der Waals surface area contributed by atoms with E-state index in [0.29, 0.717) is 6.42 Å². The maximum absolute atomic E-state index is 12.5. The molecular weight excluding hydrogens is 713 g/mol. The average Bonchev–Trinajstić information content (AvgIpc) is 3.17. The molecule has 0 fully saturated rings. The fourth-order valence-corrected chi connectivity index (χ4v) is 6.94. The van der Waals surface area contributed by atoms with Crippen LogP contribution in [0.1, 0.15) is 206 Å². The first-order chi connectivity index (χ1) is 26.8. The number of rotatable bonds is 42. The summed E-state index contributed by atoms with van der Waals surface area (Å²) in [6.07, 6.45) is 46.7. The average molecular weight is 798 g/mol. The highest BCUT2D eigenvalue weighted by Gasteiger charge is 2.26. The zero-order valence-corrected chi connectivity index (χ0v) is 36.3. The first-order valence-electron chi connectivity index (χ1n) is 22.5. The maximum atomic E-state index is 12.5. The van der Waals surface area contributed by atoms with Crippen molar-refractivity contribution in [3.63, 3.8) is 0 Å². The zero-order valence-electron chi connectivity index (χ0n) is 35.4. The van der Waals surface area contributed by atoms with E-state index in [1.54, 1.807) is 0 Å². The number of carbonyl (C=O) groups excluding carboxylic acids is 2. The summed E-state index contributed by atoms with van der Waals surface area (Å²) in [5.41, 5.74) is 5.32. The zero-order chi connectivity index (χ0) is 40.3. The predicted molar refractivity (Wildman–Crippen MR) is 229 cm³/mol. The van der Waals surface area contributed by atoms with Gasteiger partial charge < -0.3 is 20.1 Å². The van der Waals surface area contributed by atoms with E-state index >= 15 is 0 Å². The number of allylic oxidation sites excluding steroid dienone is 6. The molecule has 0 aliphatic heterocycles. The Morgan fingerprint density at radius 1 is 0.545 bits per heavy atom. The highest BCUT2D eigenvalue weighted by molar-refractivity contribution is 7.47. The normalized spacial score (nSPS) is 13.6. The number of unbranched alkanes of at least 4 members (excludes halogenated alkanes) is 23. The van der Waals surface area contributed by atoms with Crippen molar-refractivity contribution in [2.24, 2.45) is 5.73 Å². The van der Waals surface area contributed by atoms with E-state index in [9.17, 15) is 19.0 Å². The van der Waals surface area contributed by atoms with Gasteiger partial charge in [-0.1, -0.05) is 179 Å². The molecule has 0 aromatic carbocycles. The lowest BCUT2D eigenvalue weighted by Gasteiger charge is -2.19. The van der Waals surface area contributed by atoms with Crippen molar-refractivity contribution >= 4 is 19.8 Å². The molecule has 0 saturated heterocycles. The van der Waals surface area contributed by atoms with Gasteiger partial charge in [-0.15, -0.1) is 0 Å². The molecule has 2 unspecified atom stereocenters. The Bertz CT molecular complexity index is 1000. The molecule has 3 N–H and O–H groups in total. The summed E-state index contributed by atoms with van der Waals surface area (Å²) in [5.74, 6) is -0.840. The van der Waals surface area contributed by atoms with Gasteiger partial charge in [0.15, 0.2) is 6.10 Å². The molecule has 0 bridgehead atoms. The third kappa shape index (κ3) is 41.7. The summed E-state index contributed by atoms with van der Waals surface area (Å²) in [5, 5.41) is 0. The Kier molecular flexibility index (Phi) is 40.5. The molecule has 9 nitrogen and oxygen atoms in total. The van der Waals surface area contributed by atoms with E-state index in [0.717, 1.165) is 64.2 Å². The van der Waals surface area contributed by atoms with Crippen LogP contribution < -0.4 is 5.73 Å². The fourth-order valence-electron chi connectivity index (χ4n) is 6.17. The van der Waals surface area contributed by atoms with Crippen LogP contribution in [0.3, 0.4) is 0 Å². The van der Waals surface area contributed by atoms with Crippen molar-refractivity contribution in [1.82, 2.24) is 0 Å². The molecular formula is C45H84NO8P. The van der Waals surface area contributed by atoms with Gasteiger partial charge in [0, 0.05) is 19.4 Å². The summed E-state index contributed by atoms with van der Waals surface area (Å²) in [6, 6.07) is 0. The smallest absolute Gasteiger partial charge is 0.462 e. The summed E-state index contributed by atoms with van der Waals surface area (Å²) in [6.45, 7) is 3.63. The number of ether oxygens (including phenoxy) is 2. The monoisotopic (exact) mass is 798 g/mol. The molecule has 0 aromatic rings. The predicted octanol–water partition coefficient (Wildman–Crippen LogP) is 12.9. The minimum absolute atomic E-state index is 0.0539. The molecule has 322 valence electrons. The summed E-state index contributed by atoms with van der Waals surface area (Å²) in [7, 11) is -4.36. The summed E-state index contributed by atoms with van der Waals surface area (Å²) >= 11 is 0. The number of carbonyl (C=O) groups is 2. The topological polar surface area (TPSA) is 134 Å². The largest absolute Gasteiger partial charge is 0.472 e. The first kappa shape index (κ1) is 53.2. The molecule has 0 spiro atoms. The van der Waals surface area contributed by atoms with Crippen LogP contribution in [0.25, 0.3) is 0 Å². The molecule has 0 amide bonds. The minimum atomic E-state index is -4.36. The fraction of sp³-hybridized carbons (Fsp3) is 0.822. The molecule has 0 radical (unpaired) electrons. The number of phosphoric acid groups is 1. The van der Waals surface area contributed by atoms with E-state index in [1.807, 2.05) is 0 Å². The van der Waals surface area contributed by atoms with Gasteiger partial charge in [-0.3, -0.25) is 18.6 Å². The third-order valence-corrected chi connectivity index (χ3v) is 10.5. The lowest BCUT2D eigenvalue weighted by Crippen LogP contribution is -2.29. The van der Waals surface area contributed by atoms with Crippen LogP contribution in [0.2, 0.25) is 0 Å². The number of hydrogen-bond donors (Lipinski definition) is 2. The lowest BCUT2D eigenvalue weighted by molar-refractivity contribution is -0.161. The number of hydrogen-bond acceptors (Lipinski definition) is 8. The molecule has 0 heterocycles. The molecule has 0 aliphatic rings. The highest BCUT2D eigenvalue weighted by atomic mass is 31.2. The minimum Gasteiger partial charge on any atom is -0.462 e. The van der Waals surface area contributed by atoms with E-state index in [4.69, 9.17) is 24.3 Å². The second-order valence-corrected chi connectivity index (χ2v) is 16.4. The van der Waals surface area contributed by atoms with E-state index in [2.05, 4.69) is 50.3 Å². The third-order valence-electron chi connectivity index (χ3n) is 9.53. The van der Waals surface area contributed by atoms with Gasteiger partial charge in [0.2, 0.25) is 0 Å². The van der Waals surface area contributed by atoms with Crippen LogP contribution in [0.4, 0.5) is 0 Å². The van der Waals surface area contributed by atoms with E-state index in [-0.39, 0.29) is 32.6 Å². The van der Waals surface area contributed by atoms with Crippen molar-refractivity contribution in [3.8, 4) is 0 Å². The van der Waals surface area contributed by atoms with Gasteiger partial charge in [-0.05, 0) is 51.4 Å². The van der Waals surface area contributed by atoms with Crippen molar-refractivity contribution in [1.29, 1.82) is 0 Å². The summed E-state index contributed by atoms with van der Waals surface area (Å²) < 4.78 is 32.5. The first-order valence-corrected chi connectivity index (χ1v) is 24.0. The van der Waals surface area contributed by atoms with Gasteiger partial charge >= 0.3 is 19.8 Å². The van der Waals surface area contributed by atoms with Crippen LogP contribution in [0.15, 0.2) is 36.5 Å². The molecule has 55 heavy (non-hydrogen) atoms. The van der Waals surface area contributed by atoms with Crippen molar-refractivity contribution in [2.45, 2.75) is 213 Å². The van der Waals surface area contributed by atoms with Crippen LogP contribution in [0, 0.1) is 0 Å². The van der Waals surface area contributed by atoms with Crippen LogP contribution in [-0.2, 0) is 32.7 Å². The standard InChI is InChI=1S/C45H84NO8P/c1-3-5-7-9-10-11-12-13-14-15-16-17-18-19-20-21-22-23-24-25-26-27-28-29-30-31-32-34-36-38-45(48)54-43(42-53-55(49,50)52-40-39-46)41-51-44(47)37-35-33-8-6-4-2/h12-13,15-16,18-19,43H,3-11,14,17,20-42,46H2,1-2H3,(H,49,50)/b13-12-,16-15-,19-18-. The second-order valence-electron chi connectivity index (χ2n) is 14.9. The van der Waals surface area contributed by atoms with Crippen molar-refractivity contribution in [2.75, 3.05) is 26.4 Å². The molecule has 0 saturated carbocycles. The summed E-state index contributed by atoms with van der Waals surface area (Å²) in [4.78, 5) is 34.5. The number of esters is 2.